The van der Waals surface area contributed by atoms with E-state index >= 15 is 0 Å². The molecule has 2 atom stereocenters. The third-order valence-electron chi connectivity index (χ3n) is 4.32. The van der Waals surface area contributed by atoms with E-state index in [9.17, 15) is 4.79 Å². The molecule has 2 nitrogen and oxygen atoms in total. The van der Waals surface area contributed by atoms with E-state index in [1.54, 1.807) is 0 Å². The molecule has 0 aliphatic carbocycles. The van der Waals surface area contributed by atoms with Gasteiger partial charge in [0.1, 0.15) is 0 Å². The summed E-state index contributed by atoms with van der Waals surface area (Å²) in [5.41, 5.74) is -0.193. The van der Waals surface area contributed by atoms with Crippen LogP contribution in [-0.4, -0.2) is 29.8 Å². The standard InChI is InChI=1S/C15H27NO/c1-6-9-12-10-11-16(8-3)13(12)14(17)15(4,5)7-2/h6,12-13H,1,7-11H2,2-5H3. The van der Waals surface area contributed by atoms with Crippen molar-refractivity contribution in [2.45, 2.75) is 53.0 Å². The second-order valence-corrected chi connectivity index (χ2v) is 5.75. The predicted molar refractivity (Wildman–Crippen MR) is 73.0 cm³/mol. The lowest BCUT2D eigenvalue weighted by Crippen LogP contribution is -2.45. The van der Waals surface area contributed by atoms with Gasteiger partial charge in [-0.1, -0.05) is 33.8 Å². The Morgan fingerprint density at radius 1 is 1.47 bits per heavy atom. The molecule has 0 amide bonds. The van der Waals surface area contributed by atoms with Crippen molar-refractivity contribution < 1.29 is 4.79 Å². The Morgan fingerprint density at radius 2 is 2.12 bits per heavy atom. The van der Waals surface area contributed by atoms with Crippen LogP contribution in [0.25, 0.3) is 0 Å². The van der Waals surface area contributed by atoms with Gasteiger partial charge >= 0.3 is 0 Å². The fraction of sp³-hybridized carbons (Fsp3) is 0.800. The van der Waals surface area contributed by atoms with Gasteiger partial charge in [-0.05, 0) is 38.3 Å². The van der Waals surface area contributed by atoms with Crippen LogP contribution in [0.3, 0.4) is 0 Å². The van der Waals surface area contributed by atoms with E-state index in [0.29, 0.717) is 11.7 Å². The second kappa shape index (κ2) is 5.81. The lowest BCUT2D eigenvalue weighted by Gasteiger charge is -2.32. The zero-order valence-electron chi connectivity index (χ0n) is 11.8. The highest BCUT2D eigenvalue weighted by Gasteiger charge is 2.42. The molecule has 0 bridgehead atoms. The second-order valence-electron chi connectivity index (χ2n) is 5.75. The molecular formula is C15H27NO. The first-order valence-electron chi connectivity index (χ1n) is 6.87. The Morgan fingerprint density at radius 3 is 2.59 bits per heavy atom. The minimum absolute atomic E-state index is 0.118. The SMILES string of the molecule is C=CCC1CCN(CC)C1C(=O)C(C)(C)CC. The quantitative estimate of drug-likeness (QED) is 0.661. The van der Waals surface area contributed by atoms with E-state index in [1.807, 2.05) is 6.08 Å². The molecule has 2 unspecified atom stereocenters. The van der Waals surface area contributed by atoms with Gasteiger partial charge in [0.15, 0.2) is 5.78 Å². The summed E-state index contributed by atoms with van der Waals surface area (Å²) in [4.78, 5) is 15.0. The van der Waals surface area contributed by atoms with Gasteiger partial charge in [0.25, 0.3) is 0 Å². The van der Waals surface area contributed by atoms with Gasteiger partial charge in [-0.15, -0.1) is 6.58 Å². The smallest absolute Gasteiger partial charge is 0.155 e. The normalized spacial score (nSPS) is 26.1. The zero-order valence-corrected chi connectivity index (χ0v) is 11.8. The molecule has 98 valence electrons. The number of rotatable bonds is 6. The Hall–Kier alpha value is -0.630. The molecule has 0 N–H and O–H groups in total. The summed E-state index contributed by atoms with van der Waals surface area (Å²) >= 11 is 0. The maximum Gasteiger partial charge on any atom is 0.155 e. The van der Waals surface area contributed by atoms with Crippen molar-refractivity contribution >= 4 is 5.78 Å². The van der Waals surface area contributed by atoms with Crippen molar-refractivity contribution in [3.05, 3.63) is 12.7 Å². The molecule has 1 fully saturated rings. The van der Waals surface area contributed by atoms with E-state index in [2.05, 4.69) is 39.2 Å². The Bertz CT molecular complexity index is 283. The third kappa shape index (κ3) is 2.98. The molecule has 0 aromatic rings. The molecule has 17 heavy (non-hydrogen) atoms. The van der Waals surface area contributed by atoms with Crippen molar-refractivity contribution in [3.63, 3.8) is 0 Å². The number of ketones is 1. The largest absolute Gasteiger partial charge is 0.297 e. The number of allylic oxidation sites excluding steroid dienone is 1. The molecule has 2 heteroatoms. The van der Waals surface area contributed by atoms with Crippen LogP contribution < -0.4 is 0 Å². The number of hydrogen-bond acceptors (Lipinski definition) is 2. The summed E-state index contributed by atoms with van der Waals surface area (Å²) in [5.74, 6) is 0.900. The monoisotopic (exact) mass is 237 g/mol. The van der Waals surface area contributed by atoms with Crippen molar-refractivity contribution in [2.75, 3.05) is 13.1 Å². The lowest BCUT2D eigenvalue weighted by atomic mass is 9.78. The summed E-state index contributed by atoms with van der Waals surface area (Å²) in [6.45, 7) is 14.3. The summed E-state index contributed by atoms with van der Waals surface area (Å²) in [6.07, 6.45) is 4.98. The molecule has 0 aromatic heterocycles. The van der Waals surface area contributed by atoms with Crippen LogP contribution in [0.5, 0.6) is 0 Å². The average molecular weight is 237 g/mol. The van der Waals surface area contributed by atoms with Gasteiger partial charge in [-0.3, -0.25) is 9.69 Å². The van der Waals surface area contributed by atoms with E-state index in [1.165, 1.54) is 0 Å². The molecule has 1 rings (SSSR count). The van der Waals surface area contributed by atoms with Gasteiger partial charge in [-0.25, -0.2) is 0 Å². The summed E-state index contributed by atoms with van der Waals surface area (Å²) in [5, 5.41) is 0. The molecule has 1 saturated heterocycles. The van der Waals surface area contributed by atoms with Gasteiger partial charge in [-0.2, -0.15) is 0 Å². The first-order valence-corrected chi connectivity index (χ1v) is 6.87. The number of carbonyl (C=O) groups excluding carboxylic acids is 1. The maximum absolute atomic E-state index is 12.7. The molecule has 1 aliphatic heterocycles. The Labute approximate surface area is 106 Å². The molecule has 1 aliphatic rings. The number of carbonyl (C=O) groups is 1. The molecule has 0 aromatic carbocycles. The van der Waals surface area contributed by atoms with E-state index in [-0.39, 0.29) is 11.5 Å². The number of likely N-dealkylation sites (N-methyl/N-ethyl adjacent to an activating group) is 1. The van der Waals surface area contributed by atoms with Crippen molar-refractivity contribution in [1.29, 1.82) is 0 Å². The number of Topliss-reactive ketones (excluding diaryl/α,β-unsaturated/α-hetero) is 1. The number of nitrogens with zero attached hydrogens (tertiary/aromatic N) is 1. The van der Waals surface area contributed by atoms with Gasteiger partial charge in [0, 0.05) is 5.41 Å². The van der Waals surface area contributed by atoms with Crippen LogP contribution in [0.4, 0.5) is 0 Å². The summed E-state index contributed by atoms with van der Waals surface area (Å²) in [7, 11) is 0. The van der Waals surface area contributed by atoms with Crippen molar-refractivity contribution in [1.82, 2.24) is 4.90 Å². The van der Waals surface area contributed by atoms with Crippen LogP contribution >= 0.6 is 0 Å². The van der Waals surface area contributed by atoms with Crippen LogP contribution in [0.2, 0.25) is 0 Å². The highest BCUT2D eigenvalue weighted by molar-refractivity contribution is 5.89. The fourth-order valence-corrected chi connectivity index (χ4v) is 2.70. The number of likely N-dealkylation sites (tertiary alicyclic amines) is 1. The van der Waals surface area contributed by atoms with Crippen LogP contribution in [0.15, 0.2) is 12.7 Å². The van der Waals surface area contributed by atoms with E-state index in [0.717, 1.165) is 32.4 Å². The molecule has 0 saturated carbocycles. The first-order chi connectivity index (χ1) is 7.97. The Kier molecular flexibility index (Phi) is 4.93. The first kappa shape index (κ1) is 14.4. The topological polar surface area (TPSA) is 20.3 Å². The third-order valence-corrected chi connectivity index (χ3v) is 4.32. The minimum atomic E-state index is -0.193. The zero-order chi connectivity index (χ0) is 13.1. The minimum Gasteiger partial charge on any atom is -0.297 e. The fourth-order valence-electron chi connectivity index (χ4n) is 2.70. The van der Waals surface area contributed by atoms with Gasteiger partial charge in [0.05, 0.1) is 6.04 Å². The van der Waals surface area contributed by atoms with Gasteiger partial charge < -0.3 is 0 Å². The highest BCUT2D eigenvalue weighted by atomic mass is 16.1. The predicted octanol–water partition coefficient (Wildman–Crippen LogP) is 3.28. The van der Waals surface area contributed by atoms with E-state index < -0.39 is 0 Å². The van der Waals surface area contributed by atoms with Crippen LogP contribution in [0, 0.1) is 11.3 Å². The van der Waals surface area contributed by atoms with Crippen LogP contribution in [-0.2, 0) is 4.79 Å². The summed E-state index contributed by atoms with van der Waals surface area (Å²) in [6, 6.07) is 0.118. The lowest BCUT2D eigenvalue weighted by molar-refractivity contribution is -0.133. The summed E-state index contributed by atoms with van der Waals surface area (Å²) < 4.78 is 0. The molecule has 1 heterocycles. The Balaban J connectivity index is 2.88. The van der Waals surface area contributed by atoms with E-state index in [4.69, 9.17) is 0 Å². The van der Waals surface area contributed by atoms with Gasteiger partial charge in [0.2, 0.25) is 0 Å². The average Bonchev–Trinajstić information content (AvgIpc) is 2.71. The van der Waals surface area contributed by atoms with Crippen molar-refractivity contribution in [3.8, 4) is 0 Å². The molecular weight excluding hydrogens is 210 g/mol. The number of hydrogen-bond donors (Lipinski definition) is 0. The molecule has 0 radical (unpaired) electrons. The molecule has 0 spiro atoms. The van der Waals surface area contributed by atoms with Crippen LogP contribution in [0.1, 0.15) is 47.0 Å². The highest BCUT2D eigenvalue weighted by Crippen LogP contribution is 2.34. The maximum atomic E-state index is 12.7. The van der Waals surface area contributed by atoms with Crippen molar-refractivity contribution in [2.24, 2.45) is 11.3 Å².